The van der Waals surface area contributed by atoms with Crippen LogP contribution in [0.2, 0.25) is 0 Å². The van der Waals surface area contributed by atoms with E-state index in [1.807, 2.05) is 19.9 Å². The minimum absolute atomic E-state index is 0.154. The smallest absolute Gasteiger partial charge is 0.321 e. The molecule has 1 aromatic carbocycles. The first kappa shape index (κ1) is 15.4. The van der Waals surface area contributed by atoms with Crippen LogP contribution in [0.1, 0.15) is 35.6 Å². The van der Waals surface area contributed by atoms with Gasteiger partial charge in [-0.2, -0.15) is 0 Å². The lowest BCUT2D eigenvalue weighted by atomic mass is 10.1. The first-order chi connectivity index (χ1) is 10.0. The summed E-state index contributed by atoms with van der Waals surface area (Å²) in [5, 5.41) is 0. The van der Waals surface area contributed by atoms with Crippen molar-refractivity contribution in [1.29, 1.82) is 0 Å². The Bertz CT molecular complexity index is 608. The summed E-state index contributed by atoms with van der Waals surface area (Å²) in [5.41, 5.74) is 10.4. The van der Waals surface area contributed by atoms with Gasteiger partial charge in [0, 0.05) is 18.4 Å². The second-order valence-electron chi connectivity index (χ2n) is 5.50. The zero-order valence-corrected chi connectivity index (χ0v) is 13.2. The maximum atomic E-state index is 5.94. The predicted octanol–water partition coefficient (Wildman–Crippen LogP) is 3.47. The maximum absolute atomic E-state index is 5.94. The molecule has 0 aliphatic rings. The van der Waals surface area contributed by atoms with Gasteiger partial charge in [0.15, 0.2) is 0 Å². The molecule has 1 aromatic heterocycles. The van der Waals surface area contributed by atoms with E-state index in [4.69, 9.17) is 10.5 Å². The lowest BCUT2D eigenvalue weighted by Gasteiger charge is -2.12. The Morgan fingerprint density at radius 1 is 1.10 bits per heavy atom. The monoisotopic (exact) mass is 285 g/mol. The van der Waals surface area contributed by atoms with Gasteiger partial charge in [0.25, 0.3) is 0 Å². The molecule has 21 heavy (non-hydrogen) atoms. The molecule has 0 amide bonds. The maximum Gasteiger partial charge on any atom is 0.321 e. The summed E-state index contributed by atoms with van der Waals surface area (Å²) in [6.45, 7) is 8.22. The van der Waals surface area contributed by atoms with Crippen molar-refractivity contribution in [2.75, 3.05) is 0 Å². The van der Waals surface area contributed by atoms with E-state index in [9.17, 15) is 0 Å². The molecule has 112 valence electrons. The number of benzene rings is 1. The second-order valence-corrected chi connectivity index (χ2v) is 5.50. The van der Waals surface area contributed by atoms with Gasteiger partial charge >= 0.3 is 6.01 Å². The molecule has 0 bridgehead atoms. The summed E-state index contributed by atoms with van der Waals surface area (Å²) >= 11 is 0. The fourth-order valence-corrected chi connectivity index (χ4v) is 2.12. The van der Waals surface area contributed by atoms with E-state index in [0.717, 1.165) is 35.3 Å². The van der Waals surface area contributed by atoms with E-state index >= 15 is 0 Å². The Hall–Kier alpha value is -1.94. The lowest BCUT2D eigenvalue weighted by Crippen LogP contribution is -2.21. The van der Waals surface area contributed by atoms with Crippen LogP contribution in [0.25, 0.3) is 0 Å². The van der Waals surface area contributed by atoms with Gasteiger partial charge in [-0.1, -0.05) is 19.1 Å². The van der Waals surface area contributed by atoms with Crippen LogP contribution in [0.3, 0.4) is 0 Å². The van der Waals surface area contributed by atoms with Crippen molar-refractivity contribution in [3.63, 3.8) is 0 Å². The summed E-state index contributed by atoms with van der Waals surface area (Å²) in [5.74, 6) is 0.841. The van der Waals surface area contributed by atoms with Crippen LogP contribution < -0.4 is 10.5 Å². The Morgan fingerprint density at radius 2 is 1.71 bits per heavy atom. The Balaban J connectivity index is 2.16. The molecule has 1 heterocycles. The number of aromatic nitrogens is 2. The van der Waals surface area contributed by atoms with Gasteiger partial charge in [0.1, 0.15) is 5.75 Å². The van der Waals surface area contributed by atoms with Gasteiger partial charge in [-0.3, -0.25) is 0 Å². The highest BCUT2D eigenvalue weighted by Gasteiger charge is 2.10. The topological polar surface area (TPSA) is 61.0 Å². The average Bonchev–Trinajstić information content (AvgIpc) is 2.49. The number of ether oxygens (including phenoxy) is 1. The minimum Gasteiger partial charge on any atom is -0.424 e. The number of hydrogen-bond acceptors (Lipinski definition) is 4. The van der Waals surface area contributed by atoms with Gasteiger partial charge in [0.2, 0.25) is 0 Å². The molecule has 0 radical (unpaired) electrons. The third-order valence-electron chi connectivity index (χ3n) is 3.77. The molecule has 1 atom stereocenters. The van der Waals surface area contributed by atoms with Crippen LogP contribution in [0.5, 0.6) is 11.8 Å². The molecule has 0 saturated carbocycles. The summed E-state index contributed by atoms with van der Waals surface area (Å²) in [6, 6.07) is 4.67. The van der Waals surface area contributed by atoms with Crippen molar-refractivity contribution in [3.05, 3.63) is 46.8 Å². The number of nitrogens with two attached hydrogens (primary N) is 1. The highest BCUT2D eigenvalue weighted by molar-refractivity contribution is 5.45. The quantitative estimate of drug-likeness (QED) is 0.913. The molecule has 0 aliphatic carbocycles. The van der Waals surface area contributed by atoms with Crippen molar-refractivity contribution in [1.82, 2.24) is 9.97 Å². The SMILES string of the molecule is CCC(N)Cc1cnc(Oc2c(C)ccc(C)c2C)nc1. The van der Waals surface area contributed by atoms with E-state index in [2.05, 4.69) is 29.9 Å². The molecular weight excluding hydrogens is 262 g/mol. The Morgan fingerprint density at radius 3 is 2.33 bits per heavy atom. The van der Waals surface area contributed by atoms with Crippen LogP contribution in [-0.4, -0.2) is 16.0 Å². The molecule has 4 nitrogen and oxygen atoms in total. The molecule has 1 unspecified atom stereocenters. The van der Waals surface area contributed by atoms with Gasteiger partial charge in [-0.05, 0) is 55.9 Å². The summed E-state index contributed by atoms with van der Waals surface area (Å²) in [6.07, 6.45) is 5.32. The van der Waals surface area contributed by atoms with Gasteiger partial charge in [-0.25, -0.2) is 9.97 Å². The van der Waals surface area contributed by atoms with E-state index in [1.54, 1.807) is 12.4 Å². The Kier molecular flexibility index (Phi) is 4.91. The largest absolute Gasteiger partial charge is 0.424 e. The lowest BCUT2D eigenvalue weighted by molar-refractivity contribution is 0.434. The second kappa shape index (κ2) is 6.68. The average molecular weight is 285 g/mol. The van der Waals surface area contributed by atoms with Crippen LogP contribution in [-0.2, 0) is 6.42 Å². The number of aryl methyl sites for hydroxylation is 2. The molecule has 0 saturated heterocycles. The predicted molar refractivity (Wildman–Crippen MR) is 84.7 cm³/mol. The molecule has 2 rings (SSSR count). The van der Waals surface area contributed by atoms with Crippen molar-refractivity contribution in [2.45, 2.75) is 46.6 Å². The fourth-order valence-electron chi connectivity index (χ4n) is 2.12. The molecule has 2 N–H and O–H groups in total. The molecule has 0 spiro atoms. The highest BCUT2D eigenvalue weighted by Crippen LogP contribution is 2.28. The number of hydrogen-bond donors (Lipinski definition) is 1. The summed E-state index contributed by atoms with van der Waals surface area (Å²) in [7, 11) is 0. The van der Waals surface area contributed by atoms with E-state index < -0.39 is 0 Å². The standard InChI is InChI=1S/C17H23N3O/c1-5-15(18)8-14-9-19-17(20-10-14)21-16-12(3)7-6-11(2)13(16)4/h6-7,9-10,15H,5,8,18H2,1-4H3. The Labute approximate surface area is 126 Å². The highest BCUT2D eigenvalue weighted by atomic mass is 16.5. The zero-order valence-electron chi connectivity index (χ0n) is 13.2. The third-order valence-corrected chi connectivity index (χ3v) is 3.77. The van der Waals surface area contributed by atoms with Crippen molar-refractivity contribution in [3.8, 4) is 11.8 Å². The van der Waals surface area contributed by atoms with Crippen molar-refractivity contribution >= 4 is 0 Å². The van der Waals surface area contributed by atoms with Crippen LogP contribution in [0.4, 0.5) is 0 Å². The van der Waals surface area contributed by atoms with Crippen molar-refractivity contribution < 1.29 is 4.74 Å². The summed E-state index contributed by atoms with van der Waals surface area (Å²) in [4.78, 5) is 8.57. The molecule has 0 fully saturated rings. The number of rotatable bonds is 5. The van der Waals surface area contributed by atoms with Crippen LogP contribution >= 0.6 is 0 Å². The van der Waals surface area contributed by atoms with Gasteiger partial charge in [0.05, 0.1) is 0 Å². The van der Waals surface area contributed by atoms with Gasteiger partial charge in [-0.15, -0.1) is 0 Å². The minimum atomic E-state index is 0.154. The normalized spacial score (nSPS) is 12.2. The van der Waals surface area contributed by atoms with E-state index in [-0.39, 0.29) is 6.04 Å². The zero-order chi connectivity index (χ0) is 15.4. The van der Waals surface area contributed by atoms with E-state index in [0.29, 0.717) is 6.01 Å². The third kappa shape index (κ3) is 3.79. The first-order valence-electron chi connectivity index (χ1n) is 7.32. The summed E-state index contributed by atoms with van der Waals surface area (Å²) < 4.78 is 5.85. The van der Waals surface area contributed by atoms with E-state index in [1.165, 1.54) is 5.56 Å². The fraction of sp³-hybridized carbons (Fsp3) is 0.412. The van der Waals surface area contributed by atoms with Crippen molar-refractivity contribution in [2.24, 2.45) is 5.73 Å². The molecule has 2 aromatic rings. The molecule has 4 heteroatoms. The van der Waals surface area contributed by atoms with Crippen LogP contribution in [0, 0.1) is 20.8 Å². The first-order valence-corrected chi connectivity index (χ1v) is 7.32. The number of nitrogens with zero attached hydrogens (tertiary/aromatic N) is 2. The van der Waals surface area contributed by atoms with Crippen LogP contribution in [0.15, 0.2) is 24.5 Å². The molecular formula is C17H23N3O. The molecule has 0 aliphatic heterocycles. The van der Waals surface area contributed by atoms with Gasteiger partial charge < -0.3 is 10.5 Å².